The van der Waals surface area contributed by atoms with Gasteiger partial charge in [0.15, 0.2) is 5.17 Å². The van der Waals surface area contributed by atoms with Crippen molar-refractivity contribution in [2.45, 2.75) is 60.1 Å². The Morgan fingerprint density at radius 2 is 1.89 bits per heavy atom. The lowest BCUT2D eigenvalue weighted by atomic mass is 9.82. The standard InChI is InChI=1S/C15H30N2S/c1-11(15(5,6)7)9-16-13-17-10-12(18-13)8-14(2,3)4/h11-12H,8-10H2,1-7H3,(H,16,17). The minimum atomic E-state index is 0.363. The van der Waals surface area contributed by atoms with Crippen molar-refractivity contribution in [1.29, 1.82) is 0 Å². The molecule has 0 saturated carbocycles. The number of hydrogen-bond acceptors (Lipinski definition) is 3. The molecule has 0 bridgehead atoms. The molecule has 0 aromatic rings. The van der Waals surface area contributed by atoms with E-state index in [1.165, 1.54) is 6.42 Å². The van der Waals surface area contributed by atoms with E-state index in [1.807, 2.05) is 11.8 Å². The van der Waals surface area contributed by atoms with E-state index >= 15 is 0 Å². The van der Waals surface area contributed by atoms with Crippen molar-refractivity contribution in [2.24, 2.45) is 21.7 Å². The average molecular weight is 270 g/mol. The van der Waals surface area contributed by atoms with Crippen molar-refractivity contribution in [3.05, 3.63) is 0 Å². The number of aliphatic imine (C=N–C) groups is 1. The molecule has 0 aromatic carbocycles. The van der Waals surface area contributed by atoms with E-state index in [9.17, 15) is 0 Å². The lowest BCUT2D eigenvalue weighted by Crippen LogP contribution is -2.32. The van der Waals surface area contributed by atoms with Crippen LogP contribution in [0, 0.1) is 16.7 Å². The van der Waals surface area contributed by atoms with Gasteiger partial charge in [-0.05, 0) is 23.2 Å². The molecule has 2 nitrogen and oxygen atoms in total. The molecule has 2 atom stereocenters. The number of nitrogens with zero attached hydrogens (tertiary/aromatic N) is 1. The van der Waals surface area contributed by atoms with Gasteiger partial charge in [-0.1, -0.05) is 60.2 Å². The largest absolute Gasteiger partial charge is 0.365 e. The van der Waals surface area contributed by atoms with Crippen molar-refractivity contribution < 1.29 is 0 Å². The van der Waals surface area contributed by atoms with Crippen LogP contribution in [0.15, 0.2) is 4.99 Å². The Balaban J connectivity index is 2.31. The third-order valence-corrected chi connectivity index (χ3v) is 4.74. The molecule has 0 fully saturated rings. The summed E-state index contributed by atoms with van der Waals surface area (Å²) in [6.45, 7) is 18.1. The maximum absolute atomic E-state index is 4.62. The minimum Gasteiger partial charge on any atom is -0.365 e. The normalized spacial score (nSPS) is 22.8. The van der Waals surface area contributed by atoms with E-state index < -0.39 is 0 Å². The molecule has 1 rings (SSSR count). The highest BCUT2D eigenvalue weighted by Crippen LogP contribution is 2.32. The van der Waals surface area contributed by atoms with E-state index in [2.05, 4.69) is 58.8 Å². The van der Waals surface area contributed by atoms with E-state index in [-0.39, 0.29) is 0 Å². The molecule has 0 amide bonds. The highest BCUT2D eigenvalue weighted by Gasteiger charge is 2.26. The number of amidine groups is 1. The molecule has 1 aliphatic rings. The van der Waals surface area contributed by atoms with Crippen molar-refractivity contribution in [3.8, 4) is 0 Å². The summed E-state index contributed by atoms with van der Waals surface area (Å²) in [7, 11) is 0. The summed E-state index contributed by atoms with van der Waals surface area (Å²) in [4.78, 5) is 4.62. The van der Waals surface area contributed by atoms with Gasteiger partial charge in [0, 0.05) is 11.8 Å². The fourth-order valence-electron chi connectivity index (χ4n) is 1.85. The molecule has 18 heavy (non-hydrogen) atoms. The van der Waals surface area contributed by atoms with E-state index in [0.29, 0.717) is 22.0 Å². The third kappa shape index (κ3) is 5.64. The monoisotopic (exact) mass is 270 g/mol. The van der Waals surface area contributed by atoms with Crippen LogP contribution in [-0.2, 0) is 0 Å². The zero-order valence-corrected chi connectivity index (χ0v) is 13.9. The molecular weight excluding hydrogens is 240 g/mol. The highest BCUT2D eigenvalue weighted by atomic mass is 32.2. The van der Waals surface area contributed by atoms with Gasteiger partial charge in [-0.15, -0.1) is 0 Å². The quantitative estimate of drug-likeness (QED) is 0.832. The Labute approximate surface area is 117 Å². The Hall–Kier alpha value is -0.180. The first kappa shape index (κ1) is 15.9. The highest BCUT2D eigenvalue weighted by molar-refractivity contribution is 8.14. The smallest absolute Gasteiger partial charge is 0.156 e. The molecule has 0 aliphatic carbocycles. The second-order valence-electron chi connectivity index (χ2n) is 7.80. The molecule has 3 heteroatoms. The summed E-state index contributed by atoms with van der Waals surface area (Å²) >= 11 is 1.93. The van der Waals surface area contributed by atoms with Gasteiger partial charge in [0.2, 0.25) is 0 Å². The van der Waals surface area contributed by atoms with Crippen LogP contribution in [0.2, 0.25) is 0 Å². The fourth-order valence-corrected chi connectivity index (χ4v) is 3.21. The first-order chi connectivity index (χ1) is 8.08. The Kier molecular flexibility index (Phi) is 5.16. The van der Waals surface area contributed by atoms with Crippen LogP contribution < -0.4 is 5.32 Å². The first-order valence-corrected chi connectivity index (χ1v) is 7.91. The molecule has 0 saturated heterocycles. The molecule has 0 radical (unpaired) electrons. The third-order valence-electron chi connectivity index (χ3n) is 3.59. The molecule has 1 heterocycles. The Morgan fingerprint density at radius 3 is 2.39 bits per heavy atom. The minimum absolute atomic E-state index is 0.363. The van der Waals surface area contributed by atoms with Gasteiger partial charge >= 0.3 is 0 Å². The lowest BCUT2D eigenvalue weighted by molar-refractivity contribution is 0.262. The molecular formula is C15H30N2S. The van der Waals surface area contributed by atoms with Crippen LogP contribution in [0.25, 0.3) is 0 Å². The predicted octanol–water partition coefficient (Wildman–Crippen LogP) is 4.17. The second kappa shape index (κ2) is 5.85. The first-order valence-electron chi connectivity index (χ1n) is 7.03. The average Bonchev–Trinajstić information content (AvgIpc) is 2.57. The van der Waals surface area contributed by atoms with Crippen molar-refractivity contribution >= 4 is 16.9 Å². The maximum Gasteiger partial charge on any atom is 0.156 e. The number of nitrogens with one attached hydrogen (secondary N) is 1. The van der Waals surface area contributed by atoms with E-state index in [1.54, 1.807) is 0 Å². The van der Waals surface area contributed by atoms with Crippen molar-refractivity contribution in [2.75, 3.05) is 13.1 Å². The summed E-state index contributed by atoms with van der Waals surface area (Å²) in [5, 5.41) is 5.33. The fraction of sp³-hybridized carbons (Fsp3) is 0.933. The summed E-state index contributed by atoms with van der Waals surface area (Å²) < 4.78 is 0. The molecule has 1 aliphatic heterocycles. The predicted molar refractivity (Wildman–Crippen MR) is 84.4 cm³/mol. The Bertz CT molecular complexity index is 297. The number of rotatable bonds is 3. The lowest BCUT2D eigenvalue weighted by Gasteiger charge is -2.27. The zero-order chi connectivity index (χ0) is 14.0. The van der Waals surface area contributed by atoms with Gasteiger partial charge in [0.1, 0.15) is 0 Å². The summed E-state index contributed by atoms with van der Waals surface area (Å²) in [5.74, 6) is 0.655. The molecule has 1 N–H and O–H groups in total. The Morgan fingerprint density at radius 1 is 1.28 bits per heavy atom. The molecule has 0 aromatic heterocycles. The van der Waals surface area contributed by atoms with E-state index in [0.717, 1.165) is 18.3 Å². The van der Waals surface area contributed by atoms with Crippen molar-refractivity contribution in [3.63, 3.8) is 0 Å². The topological polar surface area (TPSA) is 24.4 Å². The summed E-state index contributed by atoms with van der Waals surface area (Å²) in [5.41, 5.74) is 0.767. The molecule has 2 unspecified atom stereocenters. The summed E-state index contributed by atoms with van der Waals surface area (Å²) in [6.07, 6.45) is 1.24. The van der Waals surface area contributed by atoms with E-state index in [4.69, 9.17) is 0 Å². The van der Waals surface area contributed by atoms with Crippen LogP contribution in [0.5, 0.6) is 0 Å². The van der Waals surface area contributed by atoms with Gasteiger partial charge in [-0.25, -0.2) is 0 Å². The van der Waals surface area contributed by atoms with Gasteiger partial charge in [-0.3, -0.25) is 4.99 Å². The SMILES string of the molecule is CC(CNC1=NCC(CC(C)(C)C)S1)C(C)(C)C. The summed E-state index contributed by atoms with van der Waals surface area (Å²) in [6, 6.07) is 0. The van der Waals surface area contributed by atoms with Crippen LogP contribution >= 0.6 is 11.8 Å². The van der Waals surface area contributed by atoms with Crippen LogP contribution in [-0.4, -0.2) is 23.5 Å². The van der Waals surface area contributed by atoms with Gasteiger partial charge in [0.05, 0.1) is 6.54 Å². The molecule has 106 valence electrons. The van der Waals surface area contributed by atoms with Gasteiger partial charge < -0.3 is 5.32 Å². The number of thioether (sulfide) groups is 1. The second-order valence-corrected chi connectivity index (χ2v) is 9.09. The number of hydrogen-bond donors (Lipinski definition) is 1. The van der Waals surface area contributed by atoms with Crippen LogP contribution in [0.1, 0.15) is 54.9 Å². The van der Waals surface area contributed by atoms with Gasteiger partial charge in [0.25, 0.3) is 0 Å². The zero-order valence-electron chi connectivity index (χ0n) is 13.1. The van der Waals surface area contributed by atoms with Gasteiger partial charge in [-0.2, -0.15) is 0 Å². The van der Waals surface area contributed by atoms with Crippen LogP contribution in [0.3, 0.4) is 0 Å². The van der Waals surface area contributed by atoms with Crippen molar-refractivity contribution in [1.82, 2.24) is 5.32 Å². The van der Waals surface area contributed by atoms with Crippen LogP contribution in [0.4, 0.5) is 0 Å². The molecule has 0 spiro atoms. The maximum atomic E-state index is 4.62.